The fraction of sp³-hybridized carbons (Fsp3) is 0.538. The van der Waals surface area contributed by atoms with Crippen LogP contribution in [0.2, 0.25) is 0 Å². The van der Waals surface area contributed by atoms with Crippen LogP contribution < -0.4 is 10.2 Å². The van der Waals surface area contributed by atoms with E-state index in [1.165, 1.54) is 5.69 Å². The summed E-state index contributed by atoms with van der Waals surface area (Å²) in [6.07, 6.45) is 0. The molecule has 0 atom stereocenters. The number of benzene rings is 1. The predicted octanol–water partition coefficient (Wildman–Crippen LogP) is 1.75. The number of likely N-dealkylation sites (N-methyl/N-ethyl adjacent to an activating group) is 1. The topological polar surface area (TPSA) is 24.5 Å². The van der Waals surface area contributed by atoms with Crippen LogP contribution in [-0.4, -0.2) is 39.9 Å². The zero-order chi connectivity index (χ0) is 11.6. The summed E-state index contributed by atoms with van der Waals surface area (Å²) in [5.74, 6) is 0. The number of hydrogen-bond acceptors (Lipinski definition) is 3. The van der Waals surface area contributed by atoms with Gasteiger partial charge in [0.15, 0.2) is 0 Å². The average Bonchev–Trinajstić information content (AvgIpc) is 2.35. The van der Waals surface area contributed by atoms with Gasteiger partial charge in [0.05, 0.1) is 6.61 Å². The molecule has 0 bridgehead atoms. The summed E-state index contributed by atoms with van der Waals surface area (Å²) < 4.78 is 4.98. The number of rotatable bonds is 8. The molecule has 0 aliphatic rings. The molecule has 0 saturated heterocycles. The van der Waals surface area contributed by atoms with E-state index in [-0.39, 0.29) is 0 Å². The Morgan fingerprint density at radius 1 is 1.19 bits per heavy atom. The third-order valence-electron chi connectivity index (χ3n) is 2.54. The van der Waals surface area contributed by atoms with E-state index in [0.29, 0.717) is 0 Å². The maximum absolute atomic E-state index is 4.98. The molecule has 0 aliphatic carbocycles. The molecule has 3 heteroatoms. The van der Waals surface area contributed by atoms with Gasteiger partial charge in [-0.05, 0) is 19.1 Å². The van der Waals surface area contributed by atoms with Crippen molar-refractivity contribution in [1.82, 2.24) is 5.32 Å². The molecule has 0 heterocycles. The van der Waals surface area contributed by atoms with E-state index in [4.69, 9.17) is 4.74 Å². The number of methoxy groups -OCH3 is 1. The monoisotopic (exact) mass is 222 g/mol. The molecule has 16 heavy (non-hydrogen) atoms. The lowest BCUT2D eigenvalue weighted by Crippen LogP contribution is -2.33. The minimum atomic E-state index is 0.775. The lowest BCUT2D eigenvalue weighted by Gasteiger charge is -2.23. The second-order valence-electron chi connectivity index (χ2n) is 3.66. The number of hydrogen-bond donors (Lipinski definition) is 1. The fourth-order valence-electron chi connectivity index (χ4n) is 1.62. The Morgan fingerprint density at radius 3 is 2.56 bits per heavy atom. The van der Waals surface area contributed by atoms with Crippen LogP contribution in [-0.2, 0) is 4.74 Å². The van der Waals surface area contributed by atoms with Crippen LogP contribution in [0.4, 0.5) is 5.69 Å². The quantitative estimate of drug-likeness (QED) is 0.678. The summed E-state index contributed by atoms with van der Waals surface area (Å²) >= 11 is 0. The predicted molar refractivity (Wildman–Crippen MR) is 69.1 cm³/mol. The molecule has 0 amide bonds. The standard InChI is InChI=1S/C13H22N2O/c1-3-15(11-9-14-10-12-16-2)13-7-5-4-6-8-13/h4-8,14H,3,9-12H2,1-2H3. The first-order valence-electron chi connectivity index (χ1n) is 5.88. The molecule has 0 aliphatic heterocycles. The van der Waals surface area contributed by atoms with Crippen molar-refractivity contribution in [3.63, 3.8) is 0 Å². The molecular weight excluding hydrogens is 200 g/mol. The van der Waals surface area contributed by atoms with Crippen molar-refractivity contribution in [2.24, 2.45) is 0 Å². The van der Waals surface area contributed by atoms with E-state index in [1.807, 2.05) is 6.07 Å². The summed E-state index contributed by atoms with van der Waals surface area (Å²) in [7, 11) is 1.73. The second kappa shape index (κ2) is 8.13. The minimum absolute atomic E-state index is 0.775. The van der Waals surface area contributed by atoms with Gasteiger partial charge in [-0.3, -0.25) is 0 Å². The summed E-state index contributed by atoms with van der Waals surface area (Å²) in [5, 5.41) is 3.35. The molecule has 0 fully saturated rings. The Labute approximate surface area is 98.4 Å². The highest BCUT2D eigenvalue weighted by atomic mass is 16.5. The molecule has 1 aromatic rings. The van der Waals surface area contributed by atoms with Crippen molar-refractivity contribution in [1.29, 1.82) is 0 Å². The second-order valence-corrected chi connectivity index (χ2v) is 3.66. The minimum Gasteiger partial charge on any atom is -0.383 e. The van der Waals surface area contributed by atoms with Crippen molar-refractivity contribution in [2.75, 3.05) is 44.8 Å². The Balaban J connectivity index is 2.27. The molecule has 1 aromatic carbocycles. The van der Waals surface area contributed by atoms with Crippen LogP contribution in [0, 0.1) is 0 Å². The summed E-state index contributed by atoms with van der Waals surface area (Å²) in [4.78, 5) is 2.36. The zero-order valence-electron chi connectivity index (χ0n) is 10.3. The average molecular weight is 222 g/mol. The maximum Gasteiger partial charge on any atom is 0.0587 e. The van der Waals surface area contributed by atoms with Gasteiger partial charge in [-0.2, -0.15) is 0 Å². The van der Waals surface area contributed by atoms with Gasteiger partial charge >= 0.3 is 0 Å². The van der Waals surface area contributed by atoms with E-state index in [0.717, 1.165) is 32.8 Å². The molecule has 0 spiro atoms. The van der Waals surface area contributed by atoms with Crippen LogP contribution in [0.25, 0.3) is 0 Å². The van der Waals surface area contributed by atoms with Crippen LogP contribution in [0.3, 0.4) is 0 Å². The fourth-order valence-corrected chi connectivity index (χ4v) is 1.62. The highest BCUT2D eigenvalue weighted by molar-refractivity contribution is 5.45. The number of anilines is 1. The van der Waals surface area contributed by atoms with Crippen molar-refractivity contribution in [3.8, 4) is 0 Å². The third kappa shape index (κ3) is 4.64. The van der Waals surface area contributed by atoms with Gasteiger partial charge in [0.1, 0.15) is 0 Å². The van der Waals surface area contributed by atoms with Gasteiger partial charge in [0.2, 0.25) is 0 Å². The van der Waals surface area contributed by atoms with Crippen molar-refractivity contribution >= 4 is 5.69 Å². The highest BCUT2D eigenvalue weighted by Gasteiger charge is 2.01. The number of nitrogens with zero attached hydrogens (tertiary/aromatic N) is 1. The SMILES string of the molecule is CCN(CCNCCOC)c1ccccc1. The Hall–Kier alpha value is -1.06. The lowest BCUT2D eigenvalue weighted by molar-refractivity contribution is 0.200. The van der Waals surface area contributed by atoms with Crippen molar-refractivity contribution in [2.45, 2.75) is 6.92 Å². The first kappa shape index (κ1) is 13.0. The number of para-hydroxylation sites is 1. The largest absolute Gasteiger partial charge is 0.383 e. The van der Waals surface area contributed by atoms with Gasteiger partial charge in [0.25, 0.3) is 0 Å². The summed E-state index contributed by atoms with van der Waals surface area (Å²) in [6.45, 7) is 6.94. The third-order valence-corrected chi connectivity index (χ3v) is 2.54. The van der Waals surface area contributed by atoms with Gasteiger partial charge in [-0.1, -0.05) is 18.2 Å². The number of nitrogens with one attached hydrogen (secondary N) is 1. The van der Waals surface area contributed by atoms with E-state index < -0.39 is 0 Å². The first-order valence-corrected chi connectivity index (χ1v) is 5.88. The van der Waals surface area contributed by atoms with Gasteiger partial charge in [-0.25, -0.2) is 0 Å². The molecule has 0 saturated carbocycles. The number of ether oxygens (including phenoxy) is 1. The van der Waals surface area contributed by atoms with Gasteiger partial charge < -0.3 is 15.0 Å². The molecule has 90 valence electrons. The molecule has 1 rings (SSSR count). The summed E-state index contributed by atoms with van der Waals surface area (Å²) in [6, 6.07) is 10.5. The Bertz CT molecular complexity index is 264. The Morgan fingerprint density at radius 2 is 1.94 bits per heavy atom. The van der Waals surface area contributed by atoms with E-state index in [1.54, 1.807) is 7.11 Å². The Kier molecular flexibility index (Phi) is 6.61. The zero-order valence-corrected chi connectivity index (χ0v) is 10.3. The van der Waals surface area contributed by atoms with Crippen molar-refractivity contribution in [3.05, 3.63) is 30.3 Å². The van der Waals surface area contributed by atoms with Crippen LogP contribution in [0.15, 0.2) is 30.3 Å². The summed E-state index contributed by atoms with van der Waals surface area (Å²) in [5.41, 5.74) is 1.29. The lowest BCUT2D eigenvalue weighted by atomic mass is 10.3. The van der Waals surface area contributed by atoms with E-state index in [2.05, 4.69) is 41.4 Å². The van der Waals surface area contributed by atoms with Crippen LogP contribution in [0.1, 0.15) is 6.92 Å². The van der Waals surface area contributed by atoms with E-state index in [9.17, 15) is 0 Å². The molecule has 0 radical (unpaired) electrons. The maximum atomic E-state index is 4.98. The van der Waals surface area contributed by atoms with Crippen LogP contribution in [0.5, 0.6) is 0 Å². The highest BCUT2D eigenvalue weighted by Crippen LogP contribution is 2.11. The smallest absolute Gasteiger partial charge is 0.0587 e. The normalized spacial score (nSPS) is 10.4. The van der Waals surface area contributed by atoms with Crippen LogP contribution >= 0.6 is 0 Å². The van der Waals surface area contributed by atoms with Gasteiger partial charge in [-0.15, -0.1) is 0 Å². The van der Waals surface area contributed by atoms with E-state index >= 15 is 0 Å². The molecule has 3 nitrogen and oxygen atoms in total. The molecular formula is C13H22N2O. The van der Waals surface area contributed by atoms with Gasteiger partial charge in [0, 0.05) is 39.0 Å². The molecule has 1 N–H and O–H groups in total. The molecule has 0 aromatic heterocycles. The molecule has 0 unspecified atom stereocenters. The first-order chi connectivity index (χ1) is 7.88. The van der Waals surface area contributed by atoms with Crippen molar-refractivity contribution < 1.29 is 4.74 Å².